The van der Waals surface area contributed by atoms with Gasteiger partial charge in [-0.05, 0) is 280 Å². The summed E-state index contributed by atoms with van der Waals surface area (Å²) in [7, 11) is 0. The maximum absolute atomic E-state index is 13.5. The van der Waals surface area contributed by atoms with Crippen LogP contribution in [0.5, 0.6) is 0 Å². The Kier molecular flexibility index (Phi) is 28.8. The van der Waals surface area contributed by atoms with Crippen molar-refractivity contribution in [2.45, 2.75) is 126 Å². The van der Waals surface area contributed by atoms with Crippen LogP contribution in [0, 0.1) is 74.5 Å². The fourth-order valence-electron chi connectivity index (χ4n) is 16.9. The van der Waals surface area contributed by atoms with E-state index in [2.05, 4.69) is 119 Å². The first-order valence-electron chi connectivity index (χ1n) is 43.3. The van der Waals surface area contributed by atoms with E-state index in [4.69, 9.17) is 118 Å². The molecule has 0 bridgehead atoms. The van der Waals surface area contributed by atoms with E-state index in [9.17, 15) is 22.0 Å². The van der Waals surface area contributed by atoms with Gasteiger partial charge in [-0.2, -0.15) is 0 Å². The molecule has 10 aromatic carbocycles. The average molecular weight is 1880 g/mol. The van der Waals surface area contributed by atoms with Crippen LogP contribution in [0.2, 0.25) is 40.2 Å². The standard InChI is InChI=1S/C21H23ClFN3.C20H22ClFN4.3C19H18Cl2FN3/c1-4-15-10-25(11-15)21-24-19-7-13(2)14(3)8-20(19)26(21)12-16-5-6-18(23)17(22)9-16;1-12-5-18-19(6-13(12)2)26(11-14-3-4-17(22)16(21)7-14)20(25-18)24-10-15-8-23-9-15;1-2-12-9-24(10-12)19-23-17-6-4-14(20)8-18(17)25(19)11-13-3-5-16(22)15(21)7-13;2*20-14-5-7-17-18(11-14)25(12-13-4-6-16(22)15(21)10-13)19(23-17)24-8-2-1-3-9-24/h5-9,15H,4,10-12H2,1-3H3;3-7,15,23H,8-11H2,1-2H3,(H,24,25);3-8,12H,2,9-11H2,1H3;2*4-7,10-11H,1-3,8-9,12H2. The zero-order valence-electron chi connectivity index (χ0n) is 71.5. The van der Waals surface area contributed by atoms with Crippen LogP contribution < -0.4 is 30.2 Å². The van der Waals surface area contributed by atoms with Gasteiger partial charge >= 0.3 is 0 Å². The smallest absolute Gasteiger partial charge is 0.206 e. The van der Waals surface area contributed by atoms with Crippen molar-refractivity contribution in [2.75, 3.05) is 96.9 Å². The van der Waals surface area contributed by atoms with E-state index in [1.165, 1.54) is 104 Å². The molecule has 16 nitrogen and oxygen atoms in total. The van der Waals surface area contributed by atoms with Gasteiger partial charge in [0, 0.05) is 93.0 Å². The number of hydrogen-bond acceptors (Lipinski definition) is 11. The fraction of sp³-hybridized carbons (Fsp3) is 0.337. The molecule has 0 radical (unpaired) electrons. The number of benzene rings is 10. The Labute approximate surface area is 776 Å². The molecule has 10 heterocycles. The second kappa shape index (κ2) is 40.2. The molecule has 15 aromatic rings. The number of piperidine rings is 2. The average Bonchev–Trinajstić information content (AvgIpc) is 1.63. The molecule has 0 unspecified atom stereocenters. The number of aromatic nitrogens is 10. The minimum absolute atomic E-state index is 0.136. The van der Waals surface area contributed by atoms with Crippen LogP contribution in [-0.2, 0) is 32.7 Å². The second-order valence-corrected chi connectivity index (χ2v) is 37.2. The lowest BCUT2D eigenvalue weighted by Crippen LogP contribution is -2.47. The van der Waals surface area contributed by atoms with Gasteiger partial charge in [0.25, 0.3) is 0 Å². The summed E-state index contributed by atoms with van der Waals surface area (Å²) in [6.45, 7) is 26.9. The molecule has 5 fully saturated rings. The molecule has 5 aliphatic heterocycles. The van der Waals surface area contributed by atoms with Gasteiger partial charge in [0.2, 0.25) is 29.7 Å². The first-order valence-corrected chi connectivity index (χ1v) is 46.3. The number of hydrogen-bond donors (Lipinski definition) is 2. The Morgan fingerprint density at radius 3 is 0.906 bits per heavy atom. The third-order valence-electron chi connectivity index (χ3n) is 24.7. The van der Waals surface area contributed by atoms with Gasteiger partial charge in [0.1, 0.15) is 29.1 Å². The highest BCUT2D eigenvalue weighted by Crippen LogP contribution is 2.38. The summed E-state index contributed by atoms with van der Waals surface area (Å²) in [6, 6.07) is 50.1. The van der Waals surface area contributed by atoms with Crippen LogP contribution in [0.3, 0.4) is 0 Å². The van der Waals surface area contributed by atoms with Crippen LogP contribution in [0.1, 0.15) is 115 Å². The Balaban J connectivity index is 0.000000117. The van der Waals surface area contributed by atoms with Gasteiger partial charge < -0.3 is 53.1 Å². The molecule has 2 N–H and O–H groups in total. The van der Waals surface area contributed by atoms with E-state index >= 15 is 0 Å². The minimum Gasteiger partial charge on any atom is -0.355 e. The summed E-state index contributed by atoms with van der Waals surface area (Å²) in [5, 5.41) is 9.53. The SMILES string of the molecule is CCC1CN(c2nc3cc(C)c(C)cc3n2Cc2ccc(F)c(Cl)c2)C1.CCC1CN(c2nc3ccc(Cl)cc3n2Cc2ccc(F)c(Cl)c2)C1.Cc1cc2nc(NCC3CNC3)n(Cc3ccc(F)c(Cl)c3)c2cc1C.Fc1ccc(Cn2c(N3CCCCC3)nc3ccc(Cl)cc32)cc1Cl.Fc1ccc(Cn2c(N3CCCCC3)nc3ccc(Cl)cc32)cc1Cl. The van der Waals surface area contributed by atoms with Crippen molar-refractivity contribution in [3.63, 3.8) is 0 Å². The van der Waals surface area contributed by atoms with Crippen LogP contribution in [-0.4, -0.2) is 120 Å². The minimum atomic E-state index is -0.405. The van der Waals surface area contributed by atoms with Gasteiger partial charge in [-0.25, -0.2) is 46.9 Å². The first-order chi connectivity index (χ1) is 61.2. The van der Waals surface area contributed by atoms with Crippen molar-refractivity contribution < 1.29 is 22.0 Å². The van der Waals surface area contributed by atoms with Crippen LogP contribution in [0.15, 0.2) is 170 Å². The van der Waals surface area contributed by atoms with Gasteiger partial charge in [0.05, 0.1) is 113 Å². The maximum atomic E-state index is 13.5. The molecule has 20 rings (SSSR count). The summed E-state index contributed by atoms with van der Waals surface area (Å²) in [4.78, 5) is 33.5. The quantitative estimate of drug-likeness (QED) is 0.0752. The topological polar surface area (TPSA) is 126 Å². The lowest BCUT2D eigenvalue weighted by atomic mass is 9.98. The largest absolute Gasteiger partial charge is 0.355 e. The first kappa shape index (κ1) is 90.8. The summed E-state index contributed by atoms with van der Waals surface area (Å²) in [6.07, 6.45) is 9.59. The molecule has 29 heteroatoms. The zero-order valence-corrected chi connectivity index (χ0v) is 77.6. The molecule has 0 atom stereocenters. The van der Waals surface area contributed by atoms with E-state index in [1.807, 2.05) is 54.6 Å². The summed E-state index contributed by atoms with van der Waals surface area (Å²) < 4.78 is 78.2. The molecule has 0 amide bonds. The van der Waals surface area contributed by atoms with Crippen molar-refractivity contribution in [1.82, 2.24) is 53.1 Å². The summed E-state index contributed by atoms with van der Waals surface area (Å²) >= 11 is 48.4. The van der Waals surface area contributed by atoms with E-state index in [0.29, 0.717) is 53.7 Å². The third-order valence-corrected chi connectivity index (χ3v) is 26.9. The lowest BCUT2D eigenvalue weighted by molar-refractivity contribution is 0.364. The van der Waals surface area contributed by atoms with Crippen LogP contribution in [0.25, 0.3) is 55.2 Å². The van der Waals surface area contributed by atoms with Crippen molar-refractivity contribution in [3.8, 4) is 0 Å². The van der Waals surface area contributed by atoms with Crippen molar-refractivity contribution in [1.29, 1.82) is 0 Å². The number of halogens is 13. The Morgan fingerprint density at radius 2 is 0.598 bits per heavy atom. The number of nitrogens with zero attached hydrogens (tertiary/aromatic N) is 14. The van der Waals surface area contributed by atoms with Gasteiger partial charge in [0.15, 0.2) is 0 Å². The molecular weight excluding hydrogens is 1780 g/mol. The molecule has 5 aliphatic rings. The number of anilines is 5. The third kappa shape index (κ3) is 21.0. The number of rotatable bonds is 19. The normalized spacial score (nSPS) is 14.9. The number of fused-ring (bicyclic) bond motifs is 5. The molecule has 5 aromatic heterocycles. The van der Waals surface area contributed by atoms with Gasteiger partial charge in [-0.15, -0.1) is 0 Å². The molecular formula is C98H99Cl8F5N16. The van der Waals surface area contributed by atoms with Crippen molar-refractivity contribution >= 4 is 178 Å². The molecule has 0 spiro atoms. The van der Waals surface area contributed by atoms with E-state index in [1.54, 1.807) is 60.7 Å². The monoisotopic (exact) mass is 1870 g/mol. The summed E-state index contributed by atoms with van der Waals surface area (Å²) in [5.74, 6) is 4.76. The Morgan fingerprint density at radius 1 is 0.315 bits per heavy atom. The Hall–Kier alpha value is -9.52. The maximum Gasteiger partial charge on any atom is 0.206 e. The van der Waals surface area contributed by atoms with Crippen LogP contribution in [0.4, 0.5) is 51.7 Å². The van der Waals surface area contributed by atoms with Crippen molar-refractivity contribution in [3.05, 3.63) is 289 Å². The Bertz CT molecular complexity index is 6340. The number of imidazole rings is 5. The molecule has 127 heavy (non-hydrogen) atoms. The fourth-order valence-corrected chi connectivity index (χ4v) is 18.4. The highest BCUT2D eigenvalue weighted by molar-refractivity contribution is 6.33. The zero-order chi connectivity index (χ0) is 89.0. The highest BCUT2D eigenvalue weighted by atomic mass is 35.5. The summed E-state index contributed by atoms with van der Waals surface area (Å²) in [5.41, 5.74) is 19.5. The lowest BCUT2D eigenvalue weighted by Gasteiger charge is -2.39. The predicted octanol–water partition coefficient (Wildman–Crippen LogP) is 25.9. The van der Waals surface area contributed by atoms with Crippen molar-refractivity contribution in [2.24, 2.45) is 17.8 Å². The highest BCUT2D eigenvalue weighted by Gasteiger charge is 2.33. The number of nitrogens with one attached hydrogen (secondary N) is 2. The number of aryl methyl sites for hydroxylation is 4. The van der Waals surface area contributed by atoms with Gasteiger partial charge in [-0.3, -0.25) is 0 Å². The molecule has 0 aliphatic carbocycles. The molecule has 662 valence electrons. The van der Waals surface area contributed by atoms with Gasteiger partial charge in [-0.1, -0.05) is 137 Å². The van der Waals surface area contributed by atoms with E-state index < -0.39 is 23.3 Å². The predicted molar refractivity (Wildman–Crippen MR) is 514 cm³/mol. The second-order valence-electron chi connectivity index (χ2n) is 33.9. The van der Waals surface area contributed by atoms with Crippen LogP contribution >= 0.6 is 92.8 Å². The van der Waals surface area contributed by atoms with E-state index in [0.717, 1.165) is 197 Å². The molecule has 5 saturated heterocycles. The molecule has 0 saturated carbocycles. The van der Waals surface area contributed by atoms with E-state index in [-0.39, 0.29) is 30.9 Å².